The van der Waals surface area contributed by atoms with E-state index in [0.717, 1.165) is 6.42 Å². The number of nitrogens with zero attached hydrogens (tertiary/aromatic N) is 1. The first-order valence-corrected chi connectivity index (χ1v) is 10.2. The lowest BCUT2D eigenvalue weighted by atomic mass is 10.2. The normalized spacial score (nSPS) is 11.3. The van der Waals surface area contributed by atoms with Crippen LogP contribution in [0.2, 0.25) is 0 Å². The van der Waals surface area contributed by atoms with Crippen LogP contribution < -0.4 is 0 Å². The molecule has 0 bridgehead atoms. The van der Waals surface area contributed by atoms with Crippen LogP contribution in [0.25, 0.3) is 0 Å². The number of unbranched alkanes of at least 4 members (excludes halogenated alkanes) is 4. The van der Waals surface area contributed by atoms with Crippen molar-refractivity contribution in [3.63, 3.8) is 0 Å². The minimum atomic E-state index is -3.69. The van der Waals surface area contributed by atoms with E-state index in [1.807, 2.05) is 6.92 Å². The van der Waals surface area contributed by atoms with Gasteiger partial charge in [0.25, 0.3) is 10.1 Å². The van der Waals surface area contributed by atoms with Crippen molar-refractivity contribution in [2.75, 3.05) is 25.4 Å². The zero-order chi connectivity index (χ0) is 16.6. The molecule has 0 aromatic rings. The average molecular weight is 324 g/mol. The van der Waals surface area contributed by atoms with Crippen LogP contribution in [0.3, 0.4) is 0 Å². The fourth-order valence-corrected chi connectivity index (χ4v) is 2.46. The molecule has 130 valence electrons. The Morgan fingerprint density at radius 1 is 0.714 bits per heavy atom. The van der Waals surface area contributed by atoms with Crippen LogP contribution in [-0.2, 0) is 10.1 Å². The summed E-state index contributed by atoms with van der Waals surface area (Å²) in [7, 11) is -3.69. The van der Waals surface area contributed by atoms with E-state index < -0.39 is 10.1 Å². The third-order valence-electron chi connectivity index (χ3n) is 3.24. The summed E-state index contributed by atoms with van der Waals surface area (Å²) in [6.07, 6.45) is 9.42. The van der Waals surface area contributed by atoms with Crippen molar-refractivity contribution in [2.24, 2.45) is 0 Å². The van der Waals surface area contributed by atoms with Gasteiger partial charge in [-0.2, -0.15) is 8.42 Å². The molecule has 0 atom stereocenters. The van der Waals surface area contributed by atoms with Crippen molar-refractivity contribution in [3.05, 3.63) is 0 Å². The predicted octanol–water partition coefficient (Wildman–Crippen LogP) is 4.36. The van der Waals surface area contributed by atoms with Crippen LogP contribution in [0.4, 0.5) is 0 Å². The summed E-state index contributed by atoms with van der Waals surface area (Å²) < 4.78 is 28.0. The first-order valence-electron chi connectivity index (χ1n) is 8.58. The monoisotopic (exact) mass is 323 g/mol. The molecule has 0 aliphatic heterocycles. The van der Waals surface area contributed by atoms with Crippen molar-refractivity contribution >= 4 is 10.1 Å². The topological polar surface area (TPSA) is 57.6 Å². The SMILES string of the molecule is CCCCN(CCCC)CCCC.CCCCS(=O)(=O)O. The smallest absolute Gasteiger partial charge is 0.264 e. The molecule has 0 amide bonds. The van der Waals surface area contributed by atoms with Gasteiger partial charge in [-0.05, 0) is 45.3 Å². The van der Waals surface area contributed by atoms with E-state index >= 15 is 0 Å². The molecule has 0 heterocycles. The molecule has 0 rings (SSSR count). The lowest BCUT2D eigenvalue weighted by molar-refractivity contribution is 0.261. The average Bonchev–Trinajstić information content (AvgIpc) is 2.44. The summed E-state index contributed by atoms with van der Waals surface area (Å²) in [5, 5.41) is 0. The molecule has 0 aliphatic carbocycles. The van der Waals surface area contributed by atoms with Gasteiger partial charge >= 0.3 is 0 Å². The minimum absolute atomic E-state index is 0.108. The molecule has 0 unspecified atom stereocenters. The predicted molar refractivity (Wildman–Crippen MR) is 92.5 cm³/mol. The molecule has 0 aromatic carbocycles. The molecule has 5 heteroatoms. The molecule has 0 radical (unpaired) electrons. The number of hydrogen-bond donors (Lipinski definition) is 1. The van der Waals surface area contributed by atoms with Gasteiger partial charge in [-0.3, -0.25) is 4.55 Å². The molecule has 0 spiro atoms. The number of rotatable bonds is 12. The van der Waals surface area contributed by atoms with Gasteiger partial charge in [0.05, 0.1) is 5.75 Å². The highest BCUT2D eigenvalue weighted by Gasteiger charge is 2.02. The third-order valence-corrected chi connectivity index (χ3v) is 4.04. The van der Waals surface area contributed by atoms with E-state index in [0.29, 0.717) is 6.42 Å². The maximum atomic E-state index is 9.95. The van der Waals surface area contributed by atoms with Gasteiger partial charge < -0.3 is 4.90 Å². The molecule has 0 saturated carbocycles. The maximum Gasteiger partial charge on any atom is 0.264 e. The van der Waals surface area contributed by atoms with Gasteiger partial charge in [-0.1, -0.05) is 53.4 Å². The molecular weight excluding hydrogens is 286 g/mol. The molecule has 4 nitrogen and oxygen atoms in total. The van der Waals surface area contributed by atoms with E-state index in [1.54, 1.807) is 0 Å². The Morgan fingerprint density at radius 3 is 1.24 bits per heavy atom. The summed E-state index contributed by atoms with van der Waals surface area (Å²) in [6.45, 7) is 12.6. The standard InChI is InChI=1S/C12H27N.C4H10O3S/c1-4-7-10-13(11-8-5-2)12-9-6-3;1-2-3-4-8(5,6)7/h4-12H2,1-3H3;2-4H2,1H3,(H,5,6,7). The van der Waals surface area contributed by atoms with E-state index in [-0.39, 0.29) is 5.75 Å². The summed E-state index contributed by atoms with van der Waals surface area (Å²) >= 11 is 0. The quantitative estimate of drug-likeness (QED) is 0.542. The van der Waals surface area contributed by atoms with E-state index in [1.165, 1.54) is 58.2 Å². The highest BCUT2D eigenvalue weighted by atomic mass is 32.2. The van der Waals surface area contributed by atoms with Crippen LogP contribution in [0.15, 0.2) is 0 Å². The number of hydrogen-bond acceptors (Lipinski definition) is 3. The molecule has 0 aliphatic rings. The zero-order valence-electron chi connectivity index (χ0n) is 14.6. The van der Waals surface area contributed by atoms with Gasteiger partial charge in [0.15, 0.2) is 0 Å². The van der Waals surface area contributed by atoms with Crippen LogP contribution in [0.5, 0.6) is 0 Å². The summed E-state index contributed by atoms with van der Waals surface area (Å²) in [5.74, 6) is -0.108. The van der Waals surface area contributed by atoms with Crippen molar-refractivity contribution in [1.29, 1.82) is 0 Å². The Bertz CT molecular complexity index is 273. The van der Waals surface area contributed by atoms with Gasteiger partial charge in [-0.15, -0.1) is 0 Å². The Balaban J connectivity index is 0. The van der Waals surface area contributed by atoms with E-state index in [9.17, 15) is 8.42 Å². The molecule has 0 fully saturated rings. The highest BCUT2D eigenvalue weighted by molar-refractivity contribution is 7.85. The van der Waals surface area contributed by atoms with Crippen LogP contribution in [0, 0.1) is 0 Å². The van der Waals surface area contributed by atoms with Crippen LogP contribution in [-0.4, -0.2) is 43.3 Å². The fraction of sp³-hybridized carbons (Fsp3) is 1.00. The zero-order valence-corrected chi connectivity index (χ0v) is 15.4. The third kappa shape index (κ3) is 22.3. The maximum absolute atomic E-state index is 9.95. The van der Waals surface area contributed by atoms with E-state index in [2.05, 4.69) is 25.7 Å². The van der Waals surface area contributed by atoms with Gasteiger partial charge in [0, 0.05) is 0 Å². The summed E-state index contributed by atoms with van der Waals surface area (Å²) in [5.41, 5.74) is 0. The first-order chi connectivity index (χ1) is 9.91. The molecule has 21 heavy (non-hydrogen) atoms. The Kier molecular flexibility index (Phi) is 17.9. The minimum Gasteiger partial charge on any atom is -0.303 e. The first kappa shape index (κ1) is 23.1. The van der Waals surface area contributed by atoms with Crippen LogP contribution >= 0.6 is 0 Å². The Labute approximate surface area is 133 Å². The lowest BCUT2D eigenvalue weighted by Crippen LogP contribution is -2.27. The van der Waals surface area contributed by atoms with Gasteiger partial charge in [-0.25, -0.2) is 0 Å². The summed E-state index contributed by atoms with van der Waals surface area (Å²) in [4.78, 5) is 2.64. The molecular formula is C16H37NO3S. The van der Waals surface area contributed by atoms with Gasteiger partial charge in [0.2, 0.25) is 0 Å². The molecule has 0 saturated heterocycles. The van der Waals surface area contributed by atoms with E-state index in [4.69, 9.17) is 4.55 Å². The van der Waals surface area contributed by atoms with Crippen LogP contribution in [0.1, 0.15) is 79.1 Å². The fourth-order valence-electron chi connectivity index (χ4n) is 1.81. The second kappa shape index (κ2) is 16.2. The highest BCUT2D eigenvalue weighted by Crippen LogP contribution is 2.01. The second-order valence-electron chi connectivity index (χ2n) is 5.54. The Hall–Kier alpha value is -0.130. The van der Waals surface area contributed by atoms with Crippen molar-refractivity contribution in [1.82, 2.24) is 4.90 Å². The Morgan fingerprint density at radius 2 is 1.05 bits per heavy atom. The molecule has 0 aromatic heterocycles. The molecule has 1 N–H and O–H groups in total. The lowest BCUT2D eigenvalue weighted by Gasteiger charge is -2.21. The van der Waals surface area contributed by atoms with Crippen molar-refractivity contribution < 1.29 is 13.0 Å². The van der Waals surface area contributed by atoms with Crippen molar-refractivity contribution in [2.45, 2.75) is 79.1 Å². The van der Waals surface area contributed by atoms with Crippen molar-refractivity contribution in [3.8, 4) is 0 Å². The second-order valence-corrected chi connectivity index (χ2v) is 7.11. The van der Waals surface area contributed by atoms with Gasteiger partial charge in [0.1, 0.15) is 0 Å². The summed E-state index contributed by atoms with van der Waals surface area (Å²) in [6, 6.07) is 0. The largest absolute Gasteiger partial charge is 0.303 e.